The van der Waals surface area contributed by atoms with E-state index in [1.54, 1.807) is 15.1 Å². The highest BCUT2D eigenvalue weighted by molar-refractivity contribution is 7.98. The third-order valence-electron chi connectivity index (χ3n) is 4.22. The molecule has 9 heteroatoms. The molecule has 0 radical (unpaired) electrons. The molecule has 138 valence electrons. The van der Waals surface area contributed by atoms with E-state index in [1.165, 1.54) is 28.7 Å². The molecule has 0 N–H and O–H groups in total. The number of thioether (sulfide) groups is 1. The van der Waals surface area contributed by atoms with Crippen molar-refractivity contribution >= 4 is 28.1 Å². The Hall–Kier alpha value is -2.52. The number of fused-ring (bicyclic) bond motifs is 1. The van der Waals surface area contributed by atoms with Crippen molar-refractivity contribution in [2.75, 3.05) is 0 Å². The number of hydrogen-bond acceptors (Lipinski definition) is 7. The normalized spacial score (nSPS) is 11.6. The van der Waals surface area contributed by atoms with Gasteiger partial charge in [0.05, 0.1) is 11.4 Å². The van der Waals surface area contributed by atoms with Gasteiger partial charge in [-0.2, -0.15) is 4.68 Å². The standard InChI is InChI=1S/C18H18N6OS2/c1-11(2)13-4-6-15(7-5-13)24-18(20-21-22-24)27-10-14-8-16(25)23-12(3)9-26-17(23)19-14/h4-9,11H,10H2,1-3H3. The van der Waals surface area contributed by atoms with Gasteiger partial charge in [-0.1, -0.05) is 37.7 Å². The summed E-state index contributed by atoms with van der Waals surface area (Å²) in [5.74, 6) is 0.996. The fourth-order valence-corrected chi connectivity index (χ4v) is 4.42. The van der Waals surface area contributed by atoms with Crippen LogP contribution in [0.4, 0.5) is 0 Å². The van der Waals surface area contributed by atoms with Crippen LogP contribution in [0.5, 0.6) is 0 Å². The summed E-state index contributed by atoms with van der Waals surface area (Å²) in [5, 5.41) is 14.6. The quantitative estimate of drug-likeness (QED) is 0.479. The Kier molecular flexibility index (Phi) is 4.79. The van der Waals surface area contributed by atoms with E-state index in [-0.39, 0.29) is 5.56 Å². The number of hydrogen-bond donors (Lipinski definition) is 0. The number of thiazole rings is 1. The Morgan fingerprint density at radius 2 is 2.00 bits per heavy atom. The highest BCUT2D eigenvalue weighted by Crippen LogP contribution is 2.23. The molecule has 0 unspecified atom stereocenters. The van der Waals surface area contributed by atoms with Gasteiger partial charge in [-0.3, -0.25) is 9.20 Å². The third-order valence-corrected chi connectivity index (χ3v) is 6.12. The van der Waals surface area contributed by atoms with Crippen LogP contribution in [0, 0.1) is 6.92 Å². The van der Waals surface area contributed by atoms with E-state index < -0.39 is 0 Å². The Morgan fingerprint density at radius 1 is 1.22 bits per heavy atom. The zero-order chi connectivity index (χ0) is 19.0. The van der Waals surface area contributed by atoms with Crippen molar-refractivity contribution < 1.29 is 0 Å². The van der Waals surface area contributed by atoms with E-state index in [1.807, 2.05) is 24.4 Å². The predicted molar refractivity (Wildman–Crippen MR) is 107 cm³/mol. The molecule has 0 saturated carbocycles. The lowest BCUT2D eigenvalue weighted by Crippen LogP contribution is -2.14. The van der Waals surface area contributed by atoms with Gasteiger partial charge < -0.3 is 0 Å². The van der Waals surface area contributed by atoms with E-state index in [2.05, 4.69) is 46.5 Å². The molecule has 7 nitrogen and oxygen atoms in total. The van der Waals surface area contributed by atoms with Gasteiger partial charge in [-0.05, 0) is 41.0 Å². The third kappa shape index (κ3) is 3.52. The van der Waals surface area contributed by atoms with Crippen molar-refractivity contribution in [3.05, 3.63) is 63.0 Å². The van der Waals surface area contributed by atoms with Crippen LogP contribution >= 0.6 is 23.1 Å². The van der Waals surface area contributed by atoms with Gasteiger partial charge in [-0.25, -0.2) is 4.98 Å². The van der Waals surface area contributed by atoms with Gasteiger partial charge in [0, 0.05) is 22.9 Å². The van der Waals surface area contributed by atoms with E-state index >= 15 is 0 Å². The van der Waals surface area contributed by atoms with Crippen LogP contribution in [0.15, 0.2) is 45.7 Å². The molecule has 4 aromatic rings. The Balaban J connectivity index is 1.56. The summed E-state index contributed by atoms with van der Waals surface area (Å²) in [6, 6.07) is 9.78. The van der Waals surface area contributed by atoms with Crippen LogP contribution in [0.3, 0.4) is 0 Å². The smallest absolute Gasteiger partial charge is 0.258 e. The summed E-state index contributed by atoms with van der Waals surface area (Å²) in [6.45, 7) is 6.23. The molecular weight excluding hydrogens is 380 g/mol. The maximum absolute atomic E-state index is 12.3. The van der Waals surface area contributed by atoms with Crippen molar-refractivity contribution in [1.82, 2.24) is 29.6 Å². The Morgan fingerprint density at radius 3 is 2.74 bits per heavy atom. The molecular formula is C18H18N6OS2. The van der Waals surface area contributed by atoms with Crippen molar-refractivity contribution in [1.29, 1.82) is 0 Å². The Labute approximate surface area is 164 Å². The average Bonchev–Trinajstić information content (AvgIpc) is 3.27. The van der Waals surface area contributed by atoms with Gasteiger partial charge in [-0.15, -0.1) is 16.4 Å². The number of aromatic nitrogens is 6. The zero-order valence-corrected chi connectivity index (χ0v) is 16.8. The molecule has 0 spiro atoms. The van der Waals surface area contributed by atoms with E-state index in [0.29, 0.717) is 21.8 Å². The molecule has 0 atom stereocenters. The molecule has 0 aliphatic carbocycles. The number of benzene rings is 1. The molecule has 3 aromatic heterocycles. The lowest BCUT2D eigenvalue weighted by atomic mass is 10.0. The second kappa shape index (κ2) is 7.24. The number of aryl methyl sites for hydroxylation is 1. The Bertz CT molecular complexity index is 1140. The van der Waals surface area contributed by atoms with Crippen LogP contribution in [0.25, 0.3) is 10.6 Å². The lowest BCUT2D eigenvalue weighted by molar-refractivity contribution is 0.754. The minimum Gasteiger partial charge on any atom is -0.269 e. The first-order valence-electron chi connectivity index (χ1n) is 8.51. The van der Waals surface area contributed by atoms with Gasteiger partial charge >= 0.3 is 0 Å². The maximum Gasteiger partial charge on any atom is 0.258 e. The maximum atomic E-state index is 12.3. The summed E-state index contributed by atoms with van der Waals surface area (Å²) in [4.78, 5) is 17.6. The minimum atomic E-state index is -0.0572. The minimum absolute atomic E-state index is 0.0572. The van der Waals surface area contributed by atoms with Gasteiger partial charge in [0.25, 0.3) is 5.56 Å². The molecule has 0 aliphatic heterocycles. The highest BCUT2D eigenvalue weighted by atomic mass is 32.2. The van der Waals surface area contributed by atoms with Crippen LogP contribution in [0.1, 0.15) is 36.7 Å². The molecule has 0 amide bonds. The van der Waals surface area contributed by atoms with Crippen LogP contribution in [-0.2, 0) is 5.75 Å². The number of tetrazole rings is 1. The zero-order valence-electron chi connectivity index (χ0n) is 15.2. The second-order valence-electron chi connectivity index (χ2n) is 6.49. The highest BCUT2D eigenvalue weighted by Gasteiger charge is 2.12. The summed E-state index contributed by atoms with van der Waals surface area (Å²) < 4.78 is 3.33. The molecule has 4 rings (SSSR count). The number of rotatable bonds is 5. The van der Waals surface area contributed by atoms with Crippen LogP contribution in [0.2, 0.25) is 0 Å². The fourth-order valence-electron chi connectivity index (χ4n) is 2.74. The van der Waals surface area contributed by atoms with Gasteiger partial charge in [0.1, 0.15) is 0 Å². The van der Waals surface area contributed by atoms with E-state index in [4.69, 9.17) is 0 Å². The van der Waals surface area contributed by atoms with E-state index in [9.17, 15) is 4.79 Å². The molecule has 0 aliphatic rings. The van der Waals surface area contributed by atoms with Crippen molar-refractivity contribution in [2.45, 2.75) is 37.6 Å². The lowest BCUT2D eigenvalue weighted by Gasteiger charge is -2.08. The van der Waals surface area contributed by atoms with Crippen LogP contribution < -0.4 is 5.56 Å². The first-order valence-corrected chi connectivity index (χ1v) is 10.4. The van der Waals surface area contributed by atoms with E-state index in [0.717, 1.165) is 17.1 Å². The van der Waals surface area contributed by atoms with Crippen molar-refractivity contribution in [2.24, 2.45) is 0 Å². The molecule has 27 heavy (non-hydrogen) atoms. The molecule has 0 saturated heterocycles. The predicted octanol–water partition coefficient (Wildman–Crippen LogP) is 3.46. The molecule has 1 aromatic carbocycles. The largest absolute Gasteiger partial charge is 0.269 e. The molecule has 0 fully saturated rings. The summed E-state index contributed by atoms with van der Waals surface area (Å²) >= 11 is 2.92. The van der Waals surface area contributed by atoms with Crippen LogP contribution in [-0.4, -0.2) is 29.6 Å². The summed E-state index contributed by atoms with van der Waals surface area (Å²) in [7, 11) is 0. The fraction of sp³-hybridized carbons (Fsp3) is 0.278. The first kappa shape index (κ1) is 17.9. The second-order valence-corrected chi connectivity index (χ2v) is 8.27. The van der Waals surface area contributed by atoms with Gasteiger partial charge in [0.2, 0.25) is 5.16 Å². The van der Waals surface area contributed by atoms with Crippen molar-refractivity contribution in [3.8, 4) is 5.69 Å². The summed E-state index contributed by atoms with van der Waals surface area (Å²) in [6.07, 6.45) is 0. The van der Waals surface area contributed by atoms with Crippen molar-refractivity contribution in [3.63, 3.8) is 0 Å². The first-order chi connectivity index (χ1) is 13.0. The van der Waals surface area contributed by atoms with Gasteiger partial charge in [0.15, 0.2) is 4.96 Å². The summed E-state index contributed by atoms with van der Waals surface area (Å²) in [5.41, 5.74) is 3.74. The average molecular weight is 399 g/mol. The monoisotopic (exact) mass is 398 g/mol. The molecule has 0 bridgehead atoms. The SMILES string of the molecule is Cc1csc2nc(CSc3nnnn3-c3ccc(C(C)C)cc3)cc(=O)n12. The number of nitrogens with zero attached hydrogens (tertiary/aromatic N) is 6. The molecule has 3 heterocycles. The topological polar surface area (TPSA) is 78.0 Å².